The van der Waals surface area contributed by atoms with Gasteiger partial charge in [0.05, 0.1) is 159 Å². The Kier molecular flexibility index (Phi) is 40.0. The number of phenols is 1. The van der Waals surface area contributed by atoms with Crippen LogP contribution in [0.15, 0.2) is 23.4 Å². The second-order valence-corrected chi connectivity index (χ2v) is 27.4. The van der Waals surface area contributed by atoms with Crippen molar-refractivity contribution in [3.8, 4) is 5.75 Å². The summed E-state index contributed by atoms with van der Waals surface area (Å²) in [6.07, 6.45) is -1.52. The Bertz CT molecular complexity index is 3300. The first-order valence-electron chi connectivity index (χ1n) is 35.0. The normalized spacial score (nSPS) is 20.1. The van der Waals surface area contributed by atoms with Gasteiger partial charge in [0.2, 0.25) is 53.2 Å². The predicted octanol–water partition coefficient (Wildman–Crippen LogP) is -4.98. The zero-order chi connectivity index (χ0) is 76.8. The maximum atomic E-state index is 15.2. The van der Waals surface area contributed by atoms with Crippen LogP contribution in [0.25, 0.3) is 10.9 Å². The molecule has 0 saturated carbocycles. The number of nitrogens with zero attached hydrogens (tertiary/aromatic N) is 4. The third kappa shape index (κ3) is 30.2. The summed E-state index contributed by atoms with van der Waals surface area (Å²) in [6.45, 7) is 11.1. The number of H-pyrrole nitrogens is 1. The Morgan fingerprint density at radius 3 is 1.99 bits per heavy atom. The predicted molar refractivity (Wildman–Crippen MR) is 379 cm³/mol. The average Bonchev–Trinajstić information content (AvgIpc) is 1.62. The Morgan fingerprint density at radius 1 is 0.790 bits per heavy atom. The van der Waals surface area contributed by atoms with Crippen molar-refractivity contribution in [2.75, 3.05) is 137 Å². The highest BCUT2D eigenvalue weighted by molar-refractivity contribution is 7.98. The van der Waals surface area contributed by atoms with E-state index < -0.39 is 175 Å². The number of aliphatic hydroxyl groups is 3. The van der Waals surface area contributed by atoms with E-state index in [0.717, 1.165) is 10.6 Å². The second-order valence-electron chi connectivity index (χ2n) is 24.8. The minimum absolute atomic E-state index is 0.0432. The Balaban J connectivity index is 1.16. The molecule has 590 valence electrons. The van der Waals surface area contributed by atoms with Crippen molar-refractivity contribution in [3.63, 3.8) is 0 Å². The van der Waals surface area contributed by atoms with E-state index in [1.54, 1.807) is 31.6 Å². The molecule has 40 heteroatoms. The molecule has 2 aromatic heterocycles. The molecule has 11 atom stereocenters. The number of nitrogens with one attached hydrogen (secondary N) is 9. The fraction of sp³-hybridized carbons (Fsp3) is 0.692. The number of carbonyl (C=O) groups excluding carboxylic acids is 10. The van der Waals surface area contributed by atoms with E-state index in [-0.39, 0.29) is 58.1 Å². The first kappa shape index (κ1) is 87.9. The average molecular weight is 1530 g/mol. The topological polar surface area (TPSA) is 557 Å². The summed E-state index contributed by atoms with van der Waals surface area (Å²) in [5, 5.41) is 71.4. The van der Waals surface area contributed by atoms with Crippen molar-refractivity contribution in [3.05, 3.63) is 35.2 Å². The van der Waals surface area contributed by atoms with Gasteiger partial charge in [0, 0.05) is 74.3 Å². The van der Waals surface area contributed by atoms with Crippen LogP contribution in [0.3, 0.4) is 0 Å². The number of primary amides is 2. The summed E-state index contributed by atoms with van der Waals surface area (Å²) >= 11 is 1.39. The highest BCUT2D eigenvalue weighted by atomic mass is 32.2. The van der Waals surface area contributed by atoms with Gasteiger partial charge in [0.25, 0.3) is 0 Å². The lowest BCUT2D eigenvalue weighted by Crippen LogP contribution is -2.61. The van der Waals surface area contributed by atoms with Gasteiger partial charge in [-0.1, -0.05) is 39.3 Å². The molecule has 1 fully saturated rings. The number of benzene rings is 1. The lowest BCUT2D eigenvalue weighted by Gasteiger charge is -2.32. The molecule has 2 aliphatic rings. The smallest absolute Gasteiger partial charge is 0.314 e. The molecule has 5 rings (SSSR count). The van der Waals surface area contributed by atoms with Gasteiger partial charge < -0.3 is 123 Å². The van der Waals surface area contributed by atoms with Crippen LogP contribution in [0.4, 0.5) is 4.79 Å². The summed E-state index contributed by atoms with van der Waals surface area (Å²) in [6, 6.07) is -7.62. The third-order valence-electron chi connectivity index (χ3n) is 17.0. The van der Waals surface area contributed by atoms with Gasteiger partial charge in [-0.05, 0) is 42.2 Å². The maximum Gasteiger partial charge on any atom is 0.314 e. The number of hydrogen-bond acceptors (Lipinski definition) is 26. The summed E-state index contributed by atoms with van der Waals surface area (Å²) in [5.74, 6) is -11.2. The van der Waals surface area contributed by atoms with Gasteiger partial charge in [-0.15, -0.1) is 5.10 Å². The van der Waals surface area contributed by atoms with Crippen molar-refractivity contribution in [2.24, 2.45) is 29.0 Å². The van der Waals surface area contributed by atoms with Gasteiger partial charge in [0.1, 0.15) is 47.0 Å². The molecular formula is C65H106N16O22S2. The monoisotopic (exact) mass is 1530 g/mol. The molecule has 0 aliphatic carbocycles. The van der Waals surface area contributed by atoms with Crippen molar-refractivity contribution in [1.29, 1.82) is 0 Å². The van der Waals surface area contributed by atoms with Gasteiger partial charge in [-0.25, -0.2) is 9.48 Å². The summed E-state index contributed by atoms with van der Waals surface area (Å²) in [5.41, 5.74) is 18.3. The Morgan fingerprint density at radius 2 is 1.41 bits per heavy atom. The number of aromatic hydroxyl groups is 1. The fourth-order valence-electron chi connectivity index (χ4n) is 10.9. The molecule has 38 nitrogen and oxygen atoms in total. The van der Waals surface area contributed by atoms with E-state index in [1.807, 2.05) is 0 Å². The molecule has 11 amide bonds. The van der Waals surface area contributed by atoms with Crippen molar-refractivity contribution < 1.29 is 106 Å². The molecule has 0 radical (unpaired) electrons. The molecule has 1 saturated heterocycles. The van der Waals surface area contributed by atoms with Crippen molar-refractivity contribution in [2.45, 2.75) is 145 Å². The Labute approximate surface area is 614 Å². The highest BCUT2D eigenvalue weighted by Gasteiger charge is 2.45. The summed E-state index contributed by atoms with van der Waals surface area (Å²) < 4.78 is 55.5. The van der Waals surface area contributed by atoms with Crippen LogP contribution < -0.4 is 59.7 Å². The van der Waals surface area contributed by atoms with Crippen molar-refractivity contribution in [1.82, 2.24) is 67.4 Å². The molecule has 4 heterocycles. The van der Waals surface area contributed by atoms with Gasteiger partial charge in [-0.3, -0.25) is 47.4 Å². The third-order valence-corrected chi connectivity index (χ3v) is 19.5. The van der Waals surface area contributed by atoms with E-state index in [2.05, 4.69) is 57.8 Å². The van der Waals surface area contributed by atoms with Gasteiger partial charge in [0.15, 0.2) is 0 Å². The molecule has 1 aromatic carbocycles. The zero-order valence-electron chi connectivity index (χ0n) is 59.9. The number of phenolic OH excluding ortho intramolecular Hbond substituents is 1. The largest absolute Gasteiger partial charge is 0.508 e. The molecule has 105 heavy (non-hydrogen) atoms. The first-order valence-corrected chi connectivity index (χ1v) is 37.5. The lowest BCUT2D eigenvalue weighted by molar-refractivity contribution is -0.144. The van der Waals surface area contributed by atoms with Gasteiger partial charge in [-0.2, -0.15) is 11.8 Å². The molecule has 0 spiro atoms. The number of unbranched alkanes of at least 4 members (excludes halogenated alkanes) is 1. The molecule has 3 aromatic rings. The van der Waals surface area contributed by atoms with E-state index in [9.17, 15) is 68.4 Å². The van der Waals surface area contributed by atoms with Crippen LogP contribution in [0, 0.1) is 11.8 Å². The number of hydrogen-bond donors (Lipinski definition) is 16. The molecular weight excluding hydrogens is 1420 g/mol. The van der Waals surface area contributed by atoms with Crippen LogP contribution >= 0.6 is 11.8 Å². The number of urea groups is 1. The highest BCUT2D eigenvalue weighted by Crippen LogP contribution is 2.36. The van der Waals surface area contributed by atoms with Gasteiger partial charge >= 0.3 is 6.03 Å². The summed E-state index contributed by atoms with van der Waals surface area (Å²) in [7, 11) is -2.50. The quantitative estimate of drug-likeness (QED) is 0.0236. The number of carbonyl (C=O) groups is 10. The fourth-order valence-corrected chi connectivity index (χ4v) is 13.3. The number of aliphatic hydroxyl groups excluding tert-OH is 3. The van der Waals surface area contributed by atoms with Crippen LogP contribution in [-0.2, 0) is 112 Å². The minimum atomic E-state index is -2.50. The SMILES string of the molecule is CCC(=O)N[C@H](C(=O)NCC(=O)N[C@H]1CS(=O)c2[nH]c3c(CSCCCCNC(=O)NCCOCCOCCOCCOCCOCCOCCOCCn4cc(CN)nn4)c(O)ccc3c2C[C@@H](C(N)=O)NC(=O)[C@H]([C@@H](C)[C@@H](O)CO)NC(=O)[C@@H]2C[C@@H](O)CN2C(=O)[C@H](CC(N)=O)NC1=O)[C@@H](C)CC. The van der Waals surface area contributed by atoms with Crippen LogP contribution in [0.2, 0.25) is 0 Å². The van der Waals surface area contributed by atoms with E-state index in [4.69, 9.17) is 50.4 Å². The van der Waals surface area contributed by atoms with Crippen molar-refractivity contribution >= 4 is 92.7 Å². The number of ether oxygens (including phenoxy) is 7. The molecule has 19 N–H and O–H groups in total. The molecule has 0 bridgehead atoms. The second kappa shape index (κ2) is 47.7. The number of aromatic amines is 1. The number of nitrogens with two attached hydrogens (primary N) is 3. The molecule has 1 unspecified atom stereocenters. The first-order chi connectivity index (χ1) is 50.4. The number of amides is 11. The van der Waals surface area contributed by atoms with E-state index in [1.165, 1.54) is 30.8 Å². The summed E-state index contributed by atoms with van der Waals surface area (Å²) in [4.78, 5) is 140. The van der Waals surface area contributed by atoms with Crippen LogP contribution in [0.5, 0.6) is 5.75 Å². The zero-order valence-corrected chi connectivity index (χ0v) is 61.5. The van der Waals surface area contributed by atoms with E-state index >= 15 is 4.21 Å². The van der Waals surface area contributed by atoms with Crippen LogP contribution in [-0.4, -0.2) is 294 Å². The minimum Gasteiger partial charge on any atom is -0.508 e. The Hall–Kier alpha value is -7.74. The number of thioether (sulfide) groups is 1. The van der Waals surface area contributed by atoms with Crippen LogP contribution in [0.1, 0.15) is 83.0 Å². The number of aromatic nitrogens is 4. The lowest BCUT2D eigenvalue weighted by atomic mass is 9.94. The maximum absolute atomic E-state index is 15.2. The standard InChI is InChI=1S/C65H106N16O22S2/c1-5-39(3)55(75-53(87)6-2)61(92)71-33-54(88)72-48-38-105(96)63-44(30-46(58(68)89)73-62(93)56(40(4)51(85)36-82)76-60(91)49-29-42(83)35-81(49)64(94)47(31-52(67)86)74-59(48)90)43-9-10-50(84)45(57(43)77-63)37-104-28-8-7-11-69-65(95)70-12-14-97-16-18-99-20-22-101-24-26-103-27-25-102-23-21-100-19-17-98-15-13-80-34-41(32-66)78-79-80/h9-10,34,39-40,42,46-49,51,55-56,77,82-85H,5-8,11-33,35-38,66H2,1-4H3,(H2,67,86)(H2,68,89)(H,71,92)(H,72,88)(H,73,93)(H,74,90)(H,75,87)(H,76,91)(H2,69,70,95)/t39-,40-,42+,46-,47-,48-,49-,51-,55-,56-,105?/m0/s1. The number of fused-ring (bicyclic) bond motifs is 4. The number of rotatable bonds is 46. The van der Waals surface area contributed by atoms with E-state index in [0.29, 0.717) is 131 Å². The molecule has 2 aliphatic heterocycles.